The average molecular weight is 603 g/mol. The molecule has 43 heavy (non-hydrogen) atoms. The zero-order valence-corrected chi connectivity index (χ0v) is 24.4. The van der Waals surface area contributed by atoms with Gasteiger partial charge in [-0.15, -0.1) is 0 Å². The topological polar surface area (TPSA) is 157 Å². The normalized spacial score (nSPS) is 15.0. The number of amides is 2. The Bertz CT molecular complexity index is 1500. The third-order valence-corrected chi connectivity index (χ3v) is 6.70. The van der Waals surface area contributed by atoms with Gasteiger partial charge in [-0.2, -0.15) is 13.2 Å². The molecule has 4 heterocycles. The second-order valence-electron chi connectivity index (χ2n) is 11.2. The highest BCUT2D eigenvalue weighted by Gasteiger charge is 2.39. The zero-order valence-electron chi connectivity index (χ0n) is 24.4. The first-order valence-corrected chi connectivity index (χ1v) is 13.4. The number of alkyl carbamates (subject to hydrolysis) is 1. The largest absolute Gasteiger partial charge is 0.496 e. The molecule has 4 rings (SSSR count). The van der Waals surface area contributed by atoms with Crippen molar-refractivity contribution < 1.29 is 32.2 Å². The Labute approximate surface area is 246 Å². The second kappa shape index (κ2) is 11.9. The van der Waals surface area contributed by atoms with Crippen LogP contribution in [-0.2, 0) is 10.9 Å². The van der Waals surface area contributed by atoms with Gasteiger partial charge in [0.1, 0.15) is 28.3 Å². The number of halogens is 3. The van der Waals surface area contributed by atoms with Gasteiger partial charge in [0.2, 0.25) is 0 Å². The van der Waals surface area contributed by atoms with E-state index in [1.165, 1.54) is 6.20 Å². The van der Waals surface area contributed by atoms with Gasteiger partial charge in [0.15, 0.2) is 17.3 Å². The van der Waals surface area contributed by atoms with Crippen molar-refractivity contribution in [2.45, 2.75) is 57.9 Å². The van der Waals surface area contributed by atoms with E-state index >= 15 is 0 Å². The number of nitrogens with zero attached hydrogens (tertiary/aromatic N) is 5. The van der Waals surface area contributed by atoms with Gasteiger partial charge in [-0.05, 0) is 58.7 Å². The molecule has 0 atom stereocenters. The molecule has 0 aromatic carbocycles. The molecule has 3 aromatic heterocycles. The number of methoxy groups -OCH3 is 1. The highest BCUT2D eigenvalue weighted by atomic mass is 19.4. The van der Waals surface area contributed by atoms with E-state index < -0.39 is 52.0 Å². The van der Waals surface area contributed by atoms with Crippen LogP contribution >= 0.6 is 0 Å². The molecule has 1 aliphatic heterocycles. The number of carbonyl (C=O) groups excluding carboxylic acids is 2. The number of aromatic nitrogens is 4. The van der Waals surface area contributed by atoms with Crippen LogP contribution in [0.15, 0.2) is 36.8 Å². The standard InChI is InChI=1S/C28H33F3N8O4/c1-26(2,3)43-25(41)38-27(4)9-13-39(14-10-27)17-7-6-11-34-23(17)37-24(40)21-22(32)35-15-16(36-21)20-19(28(29,30)31)18(42-5)8-12-33-20/h6-8,11-12,15H,9-10,13-14H2,1-5H3,(H2,32,35)(H,38,41)(H,34,37,40). The Morgan fingerprint density at radius 1 is 1.07 bits per heavy atom. The zero-order chi connectivity index (χ0) is 31.6. The van der Waals surface area contributed by atoms with Crippen molar-refractivity contribution in [3.05, 3.63) is 48.0 Å². The summed E-state index contributed by atoms with van der Waals surface area (Å²) in [5.74, 6) is -1.38. The lowest BCUT2D eigenvalue weighted by atomic mass is 9.89. The number of carbonyl (C=O) groups is 2. The van der Waals surface area contributed by atoms with Gasteiger partial charge >= 0.3 is 12.3 Å². The van der Waals surface area contributed by atoms with Crippen molar-refractivity contribution in [1.29, 1.82) is 0 Å². The SMILES string of the molecule is COc1ccnc(-c2cnc(N)c(C(=O)Nc3ncccc3N3CCC(C)(NC(=O)OC(C)(C)C)CC3)n2)c1C(F)(F)F. The molecule has 4 N–H and O–H groups in total. The van der Waals surface area contributed by atoms with Gasteiger partial charge in [0.25, 0.3) is 5.91 Å². The molecule has 2 amide bonds. The molecule has 1 fully saturated rings. The molecule has 3 aromatic rings. The molecular weight excluding hydrogens is 569 g/mol. The van der Waals surface area contributed by atoms with Crippen LogP contribution in [-0.4, -0.2) is 63.3 Å². The molecule has 12 nitrogen and oxygen atoms in total. The van der Waals surface area contributed by atoms with Crippen molar-refractivity contribution in [2.75, 3.05) is 36.1 Å². The minimum absolute atomic E-state index is 0.193. The van der Waals surface area contributed by atoms with Crippen LogP contribution in [0.2, 0.25) is 0 Å². The molecule has 0 unspecified atom stereocenters. The summed E-state index contributed by atoms with van der Waals surface area (Å²) in [7, 11) is 1.10. The Morgan fingerprint density at radius 3 is 2.40 bits per heavy atom. The van der Waals surface area contributed by atoms with E-state index in [4.69, 9.17) is 15.2 Å². The number of alkyl halides is 3. The van der Waals surface area contributed by atoms with Gasteiger partial charge in [0.05, 0.1) is 19.0 Å². The molecule has 230 valence electrons. The minimum Gasteiger partial charge on any atom is -0.496 e. The van der Waals surface area contributed by atoms with Gasteiger partial charge in [0, 0.05) is 31.0 Å². The van der Waals surface area contributed by atoms with Crippen LogP contribution in [0.5, 0.6) is 5.75 Å². The maximum Gasteiger partial charge on any atom is 0.422 e. The summed E-state index contributed by atoms with van der Waals surface area (Å²) in [5, 5.41) is 5.61. The Hall–Kier alpha value is -4.69. The number of nitrogens with one attached hydrogen (secondary N) is 2. The third kappa shape index (κ3) is 7.40. The molecule has 0 aliphatic carbocycles. The smallest absolute Gasteiger partial charge is 0.422 e. The number of hydrogen-bond acceptors (Lipinski definition) is 10. The summed E-state index contributed by atoms with van der Waals surface area (Å²) in [6.07, 6.45) is -0.521. The van der Waals surface area contributed by atoms with Crippen molar-refractivity contribution in [3.63, 3.8) is 0 Å². The van der Waals surface area contributed by atoms with Crippen molar-refractivity contribution >= 4 is 29.3 Å². The number of piperidine rings is 1. The predicted molar refractivity (Wildman–Crippen MR) is 153 cm³/mol. The molecule has 0 bridgehead atoms. The maximum absolute atomic E-state index is 13.9. The maximum atomic E-state index is 13.9. The number of nitrogens with two attached hydrogens (primary N) is 1. The molecule has 1 aliphatic rings. The number of pyridine rings is 2. The number of hydrogen-bond donors (Lipinski definition) is 3. The molecule has 15 heteroatoms. The molecule has 0 saturated carbocycles. The summed E-state index contributed by atoms with van der Waals surface area (Å²) >= 11 is 0. The van der Waals surface area contributed by atoms with Crippen molar-refractivity contribution in [2.24, 2.45) is 0 Å². The lowest BCUT2D eigenvalue weighted by Crippen LogP contribution is -2.54. The fraction of sp³-hybridized carbons (Fsp3) is 0.429. The van der Waals surface area contributed by atoms with E-state index in [0.29, 0.717) is 31.6 Å². The van der Waals surface area contributed by atoms with E-state index in [1.807, 2.05) is 11.8 Å². The number of nitrogen functional groups attached to an aromatic ring is 1. The van der Waals surface area contributed by atoms with Gasteiger partial charge in [-0.25, -0.2) is 19.7 Å². The Balaban J connectivity index is 1.54. The number of anilines is 3. The van der Waals surface area contributed by atoms with Crippen molar-refractivity contribution in [1.82, 2.24) is 25.3 Å². The molecular formula is C28H33F3N8O4. The lowest BCUT2D eigenvalue weighted by molar-refractivity contribution is -0.138. The lowest BCUT2D eigenvalue weighted by Gasteiger charge is -2.41. The van der Waals surface area contributed by atoms with Crippen LogP contribution in [0, 0.1) is 0 Å². The highest BCUT2D eigenvalue weighted by Crippen LogP contribution is 2.41. The monoisotopic (exact) mass is 602 g/mol. The summed E-state index contributed by atoms with van der Waals surface area (Å²) < 4.78 is 52.0. The fourth-order valence-corrected chi connectivity index (χ4v) is 4.59. The summed E-state index contributed by atoms with van der Waals surface area (Å²) in [4.78, 5) is 43.8. The molecule has 1 saturated heterocycles. The second-order valence-corrected chi connectivity index (χ2v) is 11.2. The van der Waals surface area contributed by atoms with Crippen LogP contribution < -0.4 is 26.0 Å². The van der Waals surface area contributed by atoms with E-state index in [-0.39, 0.29) is 17.3 Å². The predicted octanol–water partition coefficient (Wildman–Crippen LogP) is 4.68. The summed E-state index contributed by atoms with van der Waals surface area (Å²) in [5.41, 5.74) is 2.94. The Morgan fingerprint density at radius 2 is 1.77 bits per heavy atom. The first-order chi connectivity index (χ1) is 20.1. The first-order valence-electron chi connectivity index (χ1n) is 13.4. The fourth-order valence-electron chi connectivity index (χ4n) is 4.59. The first kappa shape index (κ1) is 31.3. The average Bonchev–Trinajstić information content (AvgIpc) is 2.92. The van der Waals surface area contributed by atoms with Crippen LogP contribution in [0.25, 0.3) is 11.4 Å². The van der Waals surface area contributed by atoms with E-state index in [1.54, 1.807) is 32.9 Å². The van der Waals surface area contributed by atoms with Crippen molar-refractivity contribution in [3.8, 4) is 17.1 Å². The quantitative estimate of drug-likeness (QED) is 0.362. The third-order valence-electron chi connectivity index (χ3n) is 6.70. The Kier molecular flexibility index (Phi) is 8.64. The molecule has 0 spiro atoms. The van der Waals surface area contributed by atoms with Gasteiger partial charge < -0.3 is 30.7 Å². The van der Waals surface area contributed by atoms with Gasteiger partial charge in [-0.1, -0.05) is 0 Å². The van der Waals surface area contributed by atoms with Crippen LogP contribution in [0.1, 0.15) is 56.6 Å². The van der Waals surface area contributed by atoms with E-state index in [0.717, 1.165) is 25.6 Å². The summed E-state index contributed by atoms with van der Waals surface area (Å²) in [6, 6.07) is 4.55. The summed E-state index contributed by atoms with van der Waals surface area (Å²) in [6.45, 7) is 8.37. The van der Waals surface area contributed by atoms with E-state index in [2.05, 4.69) is 30.6 Å². The van der Waals surface area contributed by atoms with Gasteiger partial charge in [-0.3, -0.25) is 9.78 Å². The number of rotatable bonds is 6. The highest BCUT2D eigenvalue weighted by molar-refractivity contribution is 6.06. The minimum atomic E-state index is -4.82. The van der Waals surface area contributed by atoms with E-state index in [9.17, 15) is 22.8 Å². The molecule has 0 radical (unpaired) electrons. The number of ether oxygens (including phenoxy) is 2. The van der Waals surface area contributed by atoms with Crippen LogP contribution in [0.4, 0.5) is 35.3 Å². The van der Waals surface area contributed by atoms with Crippen LogP contribution in [0.3, 0.4) is 0 Å².